The number of hydrogen-bond acceptors (Lipinski definition) is 4. The summed E-state index contributed by atoms with van der Waals surface area (Å²) in [4.78, 5) is 12.7. The van der Waals surface area contributed by atoms with Gasteiger partial charge in [0.25, 0.3) is 0 Å². The van der Waals surface area contributed by atoms with Gasteiger partial charge in [-0.05, 0) is 42.0 Å². The van der Waals surface area contributed by atoms with Gasteiger partial charge in [-0.3, -0.25) is 0 Å². The van der Waals surface area contributed by atoms with Crippen LogP contribution in [0.1, 0.15) is 58.6 Å². The molecule has 0 bridgehead atoms. The Hall–Kier alpha value is -2.07. The number of benzene rings is 2. The lowest BCUT2D eigenvalue weighted by atomic mass is 9.86. The molecule has 2 rings (SSSR count). The molecule has 0 saturated carbocycles. The van der Waals surface area contributed by atoms with E-state index in [0.29, 0.717) is 11.5 Å². The molecule has 0 aliphatic carbocycles. The molecular weight excluding hydrogens is 350 g/mol. The highest BCUT2D eigenvalue weighted by molar-refractivity contribution is 5.97. The number of rotatable bonds is 7. The number of ether oxygens (including phenoxy) is 2. The van der Waals surface area contributed by atoms with Crippen molar-refractivity contribution < 1.29 is 14.3 Å². The maximum atomic E-state index is 12.7. The summed E-state index contributed by atoms with van der Waals surface area (Å²) in [5, 5.41) is 1.95. The van der Waals surface area contributed by atoms with Crippen LogP contribution in [0.4, 0.5) is 0 Å². The maximum absolute atomic E-state index is 12.7. The van der Waals surface area contributed by atoms with Crippen LogP contribution >= 0.6 is 0 Å². The van der Waals surface area contributed by atoms with E-state index in [2.05, 4.69) is 33.8 Å². The van der Waals surface area contributed by atoms with Gasteiger partial charge in [0.05, 0.1) is 7.11 Å². The summed E-state index contributed by atoms with van der Waals surface area (Å²) in [5.41, 5.74) is 8.58. The van der Waals surface area contributed by atoms with Crippen molar-refractivity contribution in [1.82, 2.24) is 0 Å². The third kappa shape index (κ3) is 4.85. The number of hydrogen-bond donors (Lipinski definition) is 1. The molecule has 2 atom stereocenters. The molecule has 0 aromatic heterocycles. The van der Waals surface area contributed by atoms with Crippen molar-refractivity contribution in [3.05, 3.63) is 35.4 Å². The number of aryl methyl sites for hydroxylation is 1. The standard InChI is InChI=1S/C24H35NO3/c1-8-15(2)20(25)23(26)28-22-19-12-10-9-11-17(19)16(3)18(21(22)27-7)13-14-24(4,5)6/h9-12,15,20H,8,13-14,25H2,1-7H3. The maximum Gasteiger partial charge on any atom is 0.328 e. The molecule has 28 heavy (non-hydrogen) atoms. The Morgan fingerprint density at radius 3 is 2.29 bits per heavy atom. The summed E-state index contributed by atoms with van der Waals surface area (Å²) in [6, 6.07) is 7.33. The summed E-state index contributed by atoms with van der Waals surface area (Å²) >= 11 is 0. The molecule has 4 nitrogen and oxygen atoms in total. The predicted octanol–water partition coefficient (Wildman–Crippen LogP) is 5.41. The lowest BCUT2D eigenvalue weighted by Crippen LogP contribution is -2.39. The van der Waals surface area contributed by atoms with E-state index < -0.39 is 12.0 Å². The first kappa shape index (κ1) is 22.2. The summed E-state index contributed by atoms with van der Waals surface area (Å²) in [5.74, 6) is 0.764. The van der Waals surface area contributed by atoms with Crippen LogP contribution in [0, 0.1) is 18.3 Å². The first-order valence-corrected chi connectivity index (χ1v) is 10.2. The van der Waals surface area contributed by atoms with Crippen LogP contribution < -0.4 is 15.2 Å². The fourth-order valence-corrected chi connectivity index (χ4v) is 3.37. The van der Waals surface area contributed by atoms with E-state index in [9.17, 15) is 4.79 Å². The van der Waals surface area contributed by atoms with Crippen molar-refractivity contribution in [2.75, 3.05) is 7.11 Å². The molecule has 0 aliphatic rings. The fourth-order valence-electron chi connectivity index (χ4n) is 3.37. The summed E-state index contributed by atoms with van der Waals surface area (Å²) in [6.07, 6.45) is 2.67. The van der Waals surface area contributed by atoms with Gasteiger partial charge in [0.2, 0.25) is 0 Å². The van der Waals surface area contributed by atoms with Gasteiger partial charge >= 0.3 is 5.97 Å². The molecular formula is C24H35NO3. The Morgan fingerprint density at radius 1 is 1.14 bits per heavy atom. The second-order valence-corrected chi connectivity index (χ2v) is 8.90. The number of fused-ring (bicyclic) bond motifs is 1. The molecule has 0 radical (unpaired) electrons. The molecule has 154 valence electrons. The van der Waals surface area contributed by atoms with Crippen LogP contribution in [0.3, 0.4) is 0 Å². The van der Waals surface area contributed by atoms with E-state index in [1.165, 1.54) is 5.56 Å². The highest BCUT2D eigenvalue weighted by Gasteiger charge is 2.26. The molecule has 2 aromatic rings. The van der Waals surface area contributed by atoms with E-state index in [0.717, 1.165) is 35.6 Å². The number of carbonyl (C=O) groups excluding carboxylic acids is 1. The second-order valence-electron chi connectivity index (χ2n) is 8.90. The van der Waals surface area contributed by atoms with Gasteiger partial charge in [-0.15, -0.1) is 0 Å². The van der Waals surface area contributed by atoms with E-state index in [4.69, 9.17) is 15.2 Å². The van der Waals surface area contributed by atoms with Gasteiger partial charge in [-0.25, -0.2) is 4.79 Å². The van der Waals surface area contributed by atoms with Crippen LogP contribution in [0.5, 0.6) is 11.5 Å². The quantitative estimate of drug-likeness (QED) is 0.511. The van der Waals surface area contributed by atoms with Crippen molar-refractivity contribution >= 4 is 16.7 Å². The summed E-state index contributed by atoms with van der Waals surface area (Å²) in [7, 11) is 1.63. The third-order valence-electron chi connectivity index (χ3n) is 5.57. The monoisotopic (exact) mass is 385 g/mol. The minimum absolute atomic E-state index is 0.0515. The molecule has 2 aromatic carbocycles. The van der Waals surface area contributed by atoms with Crippen LogP contribution in [-0.4, -0.2) is 19.1 Å². The first-order chi connectivity index (χ1) is 13.1. The molecule has 0 fully saturated rings. The molecule has 0 aliphatic heterocycles. The predicted molar refractivity (Wildman–Crippen MR) is 116 cm³/mol. The Bertz CT molecular complexity index is 836. The van der Waals surface area contributed by atoms with Gasteiger partial charge < -0.3 is 15.2 Å². The SMILES string of the molecule is CCC(C)C(N)C(=O)Oc1c(OC)c(CCC(C)(C)C)c(C)c2ccccc12. The average Bonchev–Trinajstić information content (AvgIpc) is 2.66. The zero-order valence-electron chi connectivity index (χ0n) is 18.4. The smallest absolute Gasteiger partial charge is 0.328 e. The van der Waals surface area contributed by atoms with Crippen LogP contribution in [-0.2, 0) is 11.2 Å². The molecule has 4 heteroatoms. The number of carbonyl (C=O) groups is 1. The number of methoxy groups -OCH3 is 1. The largest absolute Gasteiger partial charge is 0.493 e. The van der Waals surface area contributed by atoms with Crippen LogP contribution in [0.15, 0.2) is 24.3 Å². The number of esters is 1. The molecule has 0 heterocycles. The van der Waals surface area contributed by atoms with E-state index in [1.807, 2.05) is 32.0 Å². The molecule has 2 unspecified atom stereocenters. The van der Waals surface area contributed by atoms with Crippen molar-refractivity contribution in [3.8, 4) is 11.5 Å². The minimum Gasteiger partial charge on any atom is -0.493 e. The Morgan fingerprint density at radius 2 is 1.75 bits per heavy atom. The molecule has 0 spiro atoms. The Kier molecular flexibility index (Phi) is 7.11. The van der Waals surface area contributed by atoms with Crippen molar-refractivity contribution in [1.29, 1.82) is 0 Å². The zero-order chi connectivity index (χ0) is 21.1. The molecule has 2 N–H and O–H groups in total. The normalized spacial score (nSPS) is 14.0. The number of nitrogens with two attached hydrogens (primary N) is 1. The fraction of sp³-hybridized carbons (Fsp3) is 0.542. The van der Waals surface area contributed by atoms with Gasteiger partial charge in [0.1, 0.15) is 6.04 Å². The summed E-state index contributed by atoms with van der Waals surface area (Å²) < 4.78 is 11.7. The highest BCUT2D eigenvalue weighted by atomic mass is 16.6. The average molecular weight is 386 g/mol. The zero-order valence-corrected chi connectivity index (χ0v) is 18.4. The van der Waals surface area contributed by atoms with E-state index in [-0.39, 0.29) is 11.3 Å². The van der Waals surface area contributed by atoms with Crippen molar-refractivity contribution in [2.24, 2.45) is 17.1 Å². The first-order valence-electron chi connectivity index (χ1n) is 10.2. The van der Waals surface area contributed by atoms with Crippen molar-refractivity contribution in [2.45, 2.75) is 66.8 Å². The van der Waals surface area contributed by atoms with Crippen molar-refractivity contribution in [3.63, 3.8) is 0 Å². The van der Waals surface area contributed by atoms with Crippen LogP contribution in [0.25, 0.3) is 10.8 Å². The van der Waals surface area contributed by atoms with Gasteiger partial charge in [-0.2, -0.15) is 0 Å². The van der Waals surface area contributed by atoms with Gasteiger partial charge in [0.15, 0.2) is 11.5 Å². The highest BCUT2D eigenvalue weighted by Crippen LogP contribution is 2.43. The van der Waals surface area contributed by atoms with Crippen LogP contribution in [0.2, 0.25) is 0 Å². The lowest BCUT2D eigenvalue weighted by Gasteiger charge is -2.24. The van der Waals surface area contributed by atoms with Gasteiger partial charge in [-0.1, -0.05) is 65.3 Å². The molecule has 0 saturated heterocycles. The summed E-state index contributed by atoms with van der Waals surface area (Å²) in [6.45, 7) is 12.8. The van der Waals surface area contributed by atoms with E-state index in [1.54, 1.807) is 7.11 Å². The second kappa shape index (κ2) is 8.95. The minimum atomic E-state index is -0.659. The molecule has 0 amide bonds. The Labute approximate surface area is 169 Å². The third-order valence-corrected chi connectivity index (χ3v) is 5.57. The topological polar surface area (TPSA) is 61.6 Å². The van der Waals surface area contributed by atoms with Gasteiger partial charge in [0, 0.05) is 10.9 Å². The Balaban J connectivity index is 2.59. The van der Waals surface area contributed by atoms with E-state index >= 15 is 0 Å². The lowest BCUT2D eigenvalue weighted by molar-refractivity contribution is -0.137.